The predicted molar refractivity (Wildman–Crippen MR) is 50.4 cm³/mol. The molecule has 4 heteroatoms. The van der Waals surface area contributed by atoms with Crippen LogP contribution in [0.3, 0.4) is 0 Å². The molecule has 4 nitrogen and oxygen atoms in total. The number of hydrogen-bond acceptors (Lipinski definition) is 3. The number of rotatable bonds is 4. The first-order chi connectivity index (χ1) is 6.52. The van der Waals surface area contributed by atoms with Crippen LogP contribution in [0.5, 0.6) is 0 Å². The van der Waals surface area contributed by atoms with Gasteiger partial charge in [0, 0.05) is 25.3 Å². The summed E-state index contributed by atoms with van der Waals surface area (Å²) in [6.45, 7) is 3.66. The van der Waals surface area contributed by atoms with E-state index in [4.69, 9.17) is 0 Å². The van der Waals surface area contributed by atoms with E-state index >= 15 is 0 Å². The van der Waals surface area contributed by atoms with E-state index in [1.807, 2.05) is 0 Å². The number of imide groups is 1. The third-order valence-corrected chi connectivity index (χ3v) is 2.38. The Morgan fingerprint density at radius 3 is 2.57 bits per heavy atom. The SMILES string of the molecule is CC(=O)CCCN1C(=O)CC(C)C1=O. The first-order valence-electron chi connectivity index (χ1n) is 4.86. The molecule has 0 aromatic carbocycles. The Morgan fingerprint density at radius 1 is 1.50 bits per heavy atom. The van der Waals surface area contributed by atoms with E-state index in [9.17, 15) is 14.4 Å². The number of Topliss-reactive ketones (excluding diaryl/α,β-unsaturated/α-hetero) is 1. The maximum Gasteiger partial charge on any atom is 0.232 e. The van der Waals surface area contributed by atoms with E-state index < -0.39 is 0 Å². The van der Waals surface area contributed by atoms with Crippen LogP contribution in [-0.4, -0.2) is 29.0 Å². The Labute approximate surface area is 83.3 Å². The van der Waals surface area contributed by atoms with Gasteiger partial charge in [0.05, 0.1) is 0 Å². The summed E-state index contributed by atoms with van der Waals surface area (Å²) in [6.07, 6.45) is 1.34. The topological polar surface area (TPSA) is 54.5 Å². The summed E-state index contributed by atoms with van der Waals surface area (Å²) in [5.41, 5.74) is 0. The lowest BCUT2D eigenvalue weighted by Gasteiger charge is -2.13. The van der Waals surface area contributed by atoms with Gasteiger partial charge in [0.1, 0.15) is 5.78 Å². The van der Waals surface area contributed by atoms with E-state index in [2.05, 4.69) is 0 Å². The molecule has 1 unspecified atom stereocenters. The quantitative estimate of drug-likeness (QED) is 0.625. The number of hydrogen-bond donors (Lipinski definition) is 0. The maximum absolute atomic E-state index is 11.4. The van der Waals surface area contributed by atoms with Gasteiger partial charge in [0.25, 0.3) is 0 Å². The summed E-state index contributed by atoms with van der Waals surface area (Å²) in [5, 5.41) is 0. The molecule has 1 rings (SSSR count). The second-order valence-corrected chi connectivity index (χ2v) is 3.79. The molecule has 1 heterocycles. The zero-order valence-corrected chi connectivity index (χ0v) is 8.58. The fourth-order valence-electron chi connectivity index (χ4n) is 1.57. The van der Waals surface area contributed by atoms with Gasteiger partial charge in [-0.25, -0.2) is 0 Å². The van der Waals surface area contributed by atoms with Crippen molar-refractivity contribution in [3.8, 4) is 0 Å². The van der Waals surface area contributed by atoms with Crippen LogP contribution >= 0.6 is 0 Å². The van der Waals surface area contributed by atoms with Crippen molar-refractivity contribution >= 4 is 17.6 Å². The molecule has 0 aromatic rings. The number of carbonyl (C=O) groups excluding carboxylic acids is 3. The largest absolute Gasteiger partial charge is 0.300 e. The van der Waals surface area contributed by atoms with Crippen molar-refractivity contribution < 1.29 is 14.4 Å². The Bertz CT molecular complexity index is 273. The zero-order chi connectivity index (χ0) is 10.7. The Hall–Kier alpha value is -1.19. The number of ketones is 1. The van der Waals surface area contributed by atoms with Crippen LogP contribution in [0.2, 0.25) is 0 Å². The summed E-state index contributed by atoms with van der Waals surface area (Å²) < 4.78 is 0. The highest BCUT2D eigenvalue weighted by Crippen LogP contribution is 2.18. The highest BCUT2D eigenvalue weighted by Gasteiger charge is 2.34. The molecule has 0 aliphatic carbocycles. The van der Waals surface area contributed by atoms with Gasteiger partial charge < -0.3 is 4.79 Å². The molecule has 78 valence electrons. The number of nitrogens with zero attached hydrogens (tertiary/aromatic N) is 1. The third-order valence-electron chi connectivity index (χ3n) is 2.38. The van der Waals surface area contributed by atoms with Gasteiger partial charge in [-0.1, -0.05) is 6.92 Å². The van der Waals surface area contributed by atoms with Gasteiger partial charge in [-0.2, -0.15) is 0 Å². The maximum atomic E-state index is 11.4. The van der Waals surface area contributed by atoms with E-state index in [1.54, 1.807) is 6.92 Å². The zero-order valence-electron chi connectivity index (χ0n) is 8.58. The Balaban J connectivity index is 2.41. The van der Waals surface area contributed by atoms with Gasteiger partial charge in [0.15, 0.2) is 0 Å². The minimum Gasteiger partial charge on any atom is -0.300 e. The van der Waals surface area contributed by atoms with Crippen molar-refractivity contribution in [1.82, 2.24) is 4.90 Å². The molecule has 1 saturated heterocycles. The molecule has 0 aromatic heterocycles. The van der Waals surface area contributed by atoms with Crippen LogP contribution in [0.4, 0.5) is 0 Å². The molecule has 1 fully saturated rings. The fraction of sp³-hybridized carbons (Fsp3) is 0.700. The van der Waals surface area contributed by atoms with Crippen molar-refractivity contribution in [2.45, 2.75) is 33.1 Å². The molecule has 1 aliphatic rings. The first-order valence-corrected chi connectivity index (χ1v) is 4.86. The van der Waals surface area contributed by atoms with Gasteiger partial charge in [-0.3, -0.25) is 14.5 Å². The van der Waals surface area contributed by atoms with E-state index in [-0.39, 0.29) is 23.5 Å². The Morgan fingerprint density at radius 2 is 2.14 bits per heavy atom. The standard InChI is InChI=1S/C10H15NO3/c1-7-6-9(13)11(10(7)14)5-3-4-8(2)12/h7H,3-6H2,1-2H3. The van der Waals surface area contributed by atoms with Crippen LogP contribution in [0.15, 0.2) is 0 Å². The average molecular weight is 197 g/mol. The third kappa shape index (κ3) is 2.40. The molecular formula is C10H15NO3. The molecule has 0 radical (unpaired) electrons. The summed E-state index contributed by atoms with van der Waals surface area (Å²) in [7, 11) is 0. The molecular weight excluding hydrogens is 182 g/mol. The van der Waals surface area contributed by atoms with Crippen LogP contribution in [0.25, 0.3) is 0 Å². The molecule has 0 bridgehead atoms. The predicted octanol–water partition coefficient (Wildman–Crippen LogP) is 0.751. The van der Waals surface area contributed by atoms with Crippen LogP contribution in [0.1, 0.15) is 33.1 Å². The fourth-order valence-corrected chi connectivity index (χ4v) is 1.57. The van der Waals surface area contributed by atoms with Gasteiger partial charge >= 0.3 is 0 Å². The van der Waals surface area contributed by atoms with Crippen molar-refractivity contribution in [1.29, 1.82) is 0 Å². The van der Waals surface area contributed by atoms with Crippen molar-refractivity contribution in [2.24, 2.45) is 5.92 Å². The second-order valence-electron chi connectivity index (χ2n) is 3.79. The molecule has 0 N–H and O–H groups in total. The summed E-state index contributed by atoms with van der Waals surface area (Å²) in [5.74, 6) is -0.290. The summed E-state index contributed by atoms with van der Waals surface area (Å²) in [6, 6.07) is 0. The Kier molecular flexibility index (Phi) is 3.38. The number of amides is 2. The van der Waals surface area contributed by atoms with E-state index in [0.29, 0.717) is 25.8 Å². The second kappa shape index (κ2) is 4.35. The average Bonchev–Trinajstić information content (AvgIpc) is 2.31. The smallest absolute Gasteiger partial charge is 0.232 e. The van der Waals surface area contributed by atoms with Crippen molar-refractivity contribution in [2.75, 3.05) is 6.54 Å². The van der Waals surface area contributed by atoms with Crippen LogP contribution in [0, 0.1) is 5.92 Å². The van der Waals surface area contributed by atoms with Gasteiger partial charge in [0.2, 0.25) is 11.8 Å². The summed E-state index contributed by atoms with van der Waals surface area (Å²) in [4.78, 5) is 34.6. The molecule has 2 amide bonds. The highest BCUT2D eigenvalue weighted by atomic mass is 16.2. The minimum absolute atomic E-state index is 0.0946. The van der Waals surface area contributed by atoms with E-state index in [0.717, 1.165) is 0 Å². The van der Waals surface area contributed by atoms with E-state index in [1.165, 1.54) is 11.8 Å². The monoisotopic (exact) mass is 197 g/mol. The van der Waals surface area contributed by atoms with Crippen molar-refractivity contribution in [3.05, 3.63) is 0 Å². The number of likely N-dealkylation sites (tertiary alicyclic amines) is 1. The molecule has 0 saturated carbocycles. The van der Waals surface area contributed by atoms with Crippen molar-refractivity contribution in [3.63, 3.8) is 0 Å². The molecule has 1 aliphatic heterocycles. The van der Waals surface area contributed by atoms with Gasteiger partial charge in [-0.05, 0) is 13.3 Å². The molecule has 14 heavy (non-hydrogen) atoms. The number of carbonyl (C=O) groups is 3. The minimum atomic E-state index is -0.181. The molecule has 1 atom stereocenters. The summed E-state index contributed by atoms with van der Waals surface area (Å²) >= 11 is 0. The van der Waals surface area contributed by atoms with Crippen LogP contribution < -0.4 is 0 Å². The lowest BCUT2D eigenvalue weighted by Crippen LogP contribution is -2.31. The van der Waals surface area contributed by atoms with Gasteiger partial charge in [-0.15, -0.1) is 0 Å². The lowest BCUT2D eigenvalue weighted by molar-refractivity contribution is -0.139. The lowest BCUT2D eigenvalue weighted by atomic mass is 10.1. The highest BCUT2D eigenvalue weighted by molar-refractivity contribution is 6.03. The normalized spacial score (nSPS) is 21.9. The molecule has 0 spiro atoms. The van der Waals surface area contributed by atoms with Crippen LogP contribution in [-0.2, 0) is 14.4 Å². The first kappa shape index (κ1) is 10.9.